The molecule has 1 heterocycles. The number of carbonyl (C=O) groups excluding carboxylic acids is 1. The van der Waals surface area contributed by atoms with Gasteiger partial charge in [-0.2, -0.15) is 0 Å². The lowest BCUT2D eigenvalue weighted by atomic mass is 9.86. The quantitative estimate of drug-likeness (QED) is 0.881. The number of aryl methyl sites for hydroxylation is 1. The zero-order valence-corrected chi connectivity index (χ0v) is 16.1. The van der Waals surface area contributed by atoms with Gasteiger partial charge >= 0.3 is 0 Å². The summed E-state index contributed by atoms with van der Waals surface area (Å²) in [6.45, 7) is 13.6. The number of benzene rings is 1. The van der Waals surface area contributed by atoms with Crippen LogP contribution < -0.4 is 5.32 Å². The molecule has 0 saturated heterocycles. The van der Waals surface area contributed by atoms with Gasteiger partial charge in [0, 0.05) is 24.5 Å². The van der Waals surface area contributed by atoms with Crippen LogP contribution in [0.1, 0.15) is 56.4 Å². The van der Waals surface area contributed by atoms with E-state index < -0.39 is 0 Å². The Kier molecular flexibility index (Phi) is 5.77. The first-order chi connectivity index (χ1) is 11.8. The predicted octanol–water partition coefficient (Wildman–Crippen LogP) is 4.31. The van der Waals surface area contributed by atoms with E-state index in [1.165, 1.54) is 5.56 Å². The van der Waals surface area contributed by atoms with Crippen LogP contribution in [0.15, 0.2) is 30.3 Å². The first-order valence-corrected chi connectivity index (χ1v) is 8.77. The molecule has 2 rings (SSSR count). The van der Waals surface area contributed by atoms with Crippen molar-refractivity contribution in [1.82, 2.24) is 14.9 Å². The molecule has 0 aliphatic heterocycles. The van der Waals surface area contributed by atoms with Gasteiger partial charge in [0.1, 0.15) is 5.69 Å². The summed E-state index contributed by atoms with van der Waals surface area (Å²) in [5, 5.41) is 3.30. The number of aromatic nitrogens is 2. The third-order valence-corrected chi connectivity index (χ3v) is 4.11. The third kappa shape index (κ3) is 4.56. The van der Waals surface area contributed by atoms with Crippen molar-refractivity contribution >= 4 is 17.5 Å². The standard InChI is InChI=1S/C20H28N4O/c1-7-24(8-2)18(25)17-13-14(3)21-19(23-17)22-16-12-10-9-11-15(16)20(4,5)6/h9-13H,7-8H2,1-6H3,(H,21,22,23). The van der Waals surface area contributed by atoms with Crippen LogP contribution in [0.2, 0.25) is 0 Å². The van der Waals surface area contributed by atoms with Gasteiger partial charge in [-0.25, -0.2) is 9.97 Å². The SMILES string of the molecule is CCN(CC)C(=O)c1cc(C)nc(Nc2ccccc2C(C)(C)C)n1. The molecule has 0 radical (unpaired) electrons. The fraction of sp³-hybridized carbons (Fsp3) is 0.450. The maximum atomic E-state index is 12.6. The van der Waals surface area contributed by atoms with Gasteiger partial charge in [0.2, 0.25) is 5.95 Å². The predicted molar refractivity (Wildman–Crippen MR) is 102 cm³/mol. The van der Waals surface area contributed by atoms with E-state index in [1.54, 1.807) is 11.0 Å². The molecule has 1 amide bonds. The summed E-state index contributed by atoms with van der Waals surface area (Å²) in [7, 11) is 0. The summed E-state index contributed by atoms with van der Waals surface area (Å²) < 4.78 is 0. The average molecular weight is 340 g/mol. The Morgan fingerprint density at radius 2 is 1.76 bits per heavy atom. The molecule has 5 nitrogen and oxygen atoms in total. The molecule has 2 aromatic rings. The summed E-state index contributed by atoms with van der Waals surface area (Å²) in [5.74, 6) is 0.384. The molecule has 0 fully saturated rings. The number of rotatable bonds is 5. The Morgan fingerprint density at radius 3 is 2.36 bits per heavy atom. The number of anilines is 2. The van der Waals surface area contributed by atoms with Gasteiger partial charge in [-0.05, 0) is 43.9 Å². The summed E-state index contributed by atoms with van der Waals surface area (Å²) in [4.78, 5) is 23.3. The van der Waals surface area contributed by atoms with Crippen LogP contribution in [0.25, 0.3) is 0 Å². The molecule has 0 unspecified atom stereocenters. The fourth-order valence-corrected chi connectivity index (χ4v) is 2.77. The van der Waals surface area contributed by atoms with Crippen LogP contribution >= 0.6 is 0 Å². The first-order valence-electron chi connectivity index (χ1n) is 8.77. The molecule has 0 saturated carbocycles. The normalized spacial score (nSPS) is 11.3. The minimum Gasteiger partial charge on any atom is -0.338 e. The molecular weight excluding hydrogens is 312 g/mol. The molecule has 0 bridgehead atoms. The van der Waals surface area contributed by atoms with Crippen LogP contribution in [0.5, 0.6) is 0 Å². The van der Waals surface area contributed by atoms with Crippen molar-refractivity contribution in [3.63, 3.8) is 0 Å². The van der Waals surface area contributed by atoms with Crippen molar-refractivity contribution in [3.8, 4) is 0 Å². The number of amides is 1. The number of nitrogens with zero attached hydrogens (tertiary/aromatic N) is 3. The second-order valence-electron chi connectivity index (χ2n) is 7.12. The minimum atomic E-state index is -0.0670. The molecule has 1 N–H and O–H groups in total. The van der Waals surface area contributed by atoms with Crippen molar-refractivity contribution < 1.29 is 4.79 Å². The van der Waals surface area contributed by atoms with Gasteiger partial charge in [-0.15, -0.1) is 0 Å². The Hall–Kier alpha value is -2.43. The average Bonchev–Trinajstić information content (AvgIpc) is 2.55. The summed E-state index contributed by atoms with van der Waals surface area (Å²) in [6, 6.07) is 9.85. The van der Waals surface area contributed by atoms with Crippen LogP contribution in [-0.4, -0.2) is 33.9 Å². The Balaban J connectivity index is 2.38. The van der Waals surface area contributed by atoms with Gasteiger partial charge in [0.25, 0.3) is 5.91 Å². The zero-order valence-electron chi connectivity index (χ0n) is 16.1. The van der Waals surface area contributed by atoms with Gasteiger partial charge in [-0.1, -0.05) is 39.0 Å². The molecule has 0 aliphatic carbocycles. The molecule has 0 spiro atoms. The lowest BCUT2D eigenvalue weighted by Gasteiger charge is -2.23. The molecule has 25 heavy (non-hydrogen) atoms. The van der Waals surface area contributed by atoms with E-state index in [0.717, 1.165) is 11.4 Å². The van der Waals surface area contributed by atoms with Crippen LogP contribution in [-0.2, 0) is 5.41 Å². The van der Waals surface area contributed by atoms with Crippen LogP contribution in [0.3, 0.4) is 0 Å². The molecule has 5 heteroatoms. The smallest absolute Gasteiger partial charge is 0.272 e. The van der Waals surface area contributed by atoms with E-state index in [-0.39, 0.29) is 11.3 Å². The van der Waals surface area contributed by atoms with E-state index >= 15 is 0 Å². The highest BCUT2D eigenvalue weighted by atomic mass is 16.2. The highest BCUT2D eigenvalue weighted by molar-refractivity contribution is 5.92. The lowest BCUT2D eigenvalue weighted by Crippen LogP contribution is -2.31. The lowest BCUT2D eigenvalue weighted by molar-refractivity contribution is 0.0767. The second-order valence-corrected chi connectivity index (χ2v) is 7.12. The van der Waals surface area contributed by atoms with E-state index in [1.807, 2.05) is 39.0 Å². The number of hydrogen-bond donors (Lipinski definition) is 1. The van der Waals surface area contributed by atoms with E-state index in [9.17, 15) is 4.79 Å². The summed E-state index contributed by atoms with van der Waals surface area (Å²) in [5.41, 5.74) is 3.32. The Bertz CT molecular complexity index is 746. The minimum absolute atomic E-state index is 0.00666. The van der Waals surface area contributed by atoms with Gasteiger partial charge in [0.15, 0.2) is 0 Å². The Morgan fingerprint density at radius 1 is 1.12 bits per heavy atom. The maximum Gasteiger partial charge on any atom is 0.272 e. The molecule has 134 valence electrons. The van der Waals surface area contributed by atoms with Crippen molar-refractivity contribution in [1.29, 1.82) is 0 Å². The molecule has 1 aromatic carbocycles. The number of para-hydroxylation sites is 1. The molecule has 0 aliphatic rings. The summed E-state index contributed by atoms with van der Waals surface area (Å²) >= 11 is 0. The van der Waals surface area contributed by atoms with E-state index in [2.05, 4.69) is 42.1 Å². The van der Waals surface area contributed by atoms with Gasteiger partial charge < -0.3 is 10.2 Å². The highest BCUT2D eigenvalue weighted by Crippen LogP contribution is 2.30. The summed E-state index contributed by atoms with van der Waals surface area (Å²) in [6.07, 6.45) is 0. The van der Waals surface area contributed by atoms with Gasteiger partial charge in [0.05, 0.1) is 0 Å². The van der Waals surface area contributed by atoms with Crippen molar-refractivity contribution in [3.05, 3.63) is 47.3 Å². The molecule has 1 aromatic heterocycles. The van der Waals surface area contributed by atoms with Crippen LogP contribution in [0.4, 0.5) is 11.6 Å². The fourth-order valence-electron chi connectivity index (χ4n) is 2.77. The largest absolute Gasteiger partial charge is 0.338 e. The number of hydrogen-bond acceptors (Lipinski definition) is 4. The van der Waals surface area contributed by atoms with E-state index in [4.69, 9.17) is 0 Å². The van der Waals surface area contributed by atoms with Crippen molar-refractivity contribution in [2.75, 3.05) is 18.4 Å². The Labute approximate surface area is 150 Å². The highest BCUT2D eigenvalue weighted by Gasteiger charge is 2.19. The second kappa shape index (κ2) is 7.64. The third-order valence-electron chi connectivity index (χ3n) is 4.11. The van der Waals surface area contributed by atoms with Gasteiger partial charge in [-0.3, -0.25) is 4.79 Å². The first kappa shape index (κ1) is 18.9. The topological polar surface area (TPSA) is 58.1 Å². The molecule has 0 atom stereocenters. The molecular formula is C20H28N4O. The number of carbonyl (C=O) groups is 1. The van der Waals surface area contributed by atoms with Crippen molar-refractivity contribution in [2.24, 2.45) is 0 Å². The monoisotopic (exact) mass is 340 g/mol. The van der Waals surface area contributed by atoms with E-state index in [0.29, 0.717) is 24.7 Å². The number of nitrogens with one attached hydrogen (secondary N) is 1. The maximum absolute atomic E-state index is 12.6. The van der Waals surface area contributed by atoms with Crippen LogP contribution in [0, 0.1) is 6.92 Å². The zero-order chi connectivity index (χ0) is 18.6. The van der Waals surface area contributed by atoms with Crippen molar-refractivity contribution in [2.45, 2.75) is 47.0 Å².